The van der Waals surface area contributed by atoms with Crippen LogP contribution in [0.3, 0.4) is 0 Å². The van der Waals surface area contributed by atoms with Gasteiger partial charge in [-0.1, -0.05) is 60.7 Å². The molecule has 0 bridgehead atoms. The maximum Gasteiger partial charge on any atom is 0.361 e. The summed E-state index contributed by atoms with van der Waals surface area (Å²) in [4.78, 5) is 22.0. The van der Waals surface area contributed by atoms with E-state index in [0.29, 0.717) is 16.7 Å². The highest BCUT2D eigenvalue weighted by Gasteiger charge is 2.26. The smallest absolute Gasteiger partial charge is 0.361 e. The second kappa shape index (κ2) is 7.93. The molecule has 146 valence electrons. The molecule has 2 aromatic heterocycles. The molecule has 0 N–H and O–H groups in total. The molecule has 0 aliphatic carbocycles. The van der Waals surface area contributed by atoms with Gasteiger partial charge in [0.25, 0.3) is 0 Å². The lowest BCUT2D eigenvalue weighted by Gasteiger charge is -2.03. The lowest BCUT2D eigenvalue weighted by atomic mass is 10.2. The maximum absolute atomic E-state index is 12.9. The first kappa shape index (κ1) is 18.3. The van der Waals surface area contributed by atoms with E-state index in [1.165, 1.54) is 11.3 Å². The number of esters is 1. The molecule has 0 saturated heterocycles. The van der Waals surface area contributed by atoms with Crippen molar-refractivity contribution < 1.29 is 13.9 Å². The van der Waals surface area contributed by atoms with Gasteiger partial charge in [-0.2, -0.15) is 0 Å². The van der Waals surface area contributed by atoms with E-state index in [2.05, 4.69) is 9.97 Å². The van der Waals surface area contributed by atoms with Crippen LogP contribution in [-0.4, -0.2) is 15.9 Å². The molecule has 5 rings (SSSR count). The van der Waals surface area contributed by atoms with Gasteiger partial charge in [0.1, 0.15) is 6.61 Å². The summed E-state index contributed by atoms with van der Waals surface area (Å²) >= 11 is 1.45. The van der Waals surface area contributed by atoms with Crippen molar-refractivity contribution in [1.82, 2.24) is 9.97 Å². The van der Waals surface area contributed by atoms with Gasteiger partial charge in [0.05, 0.1) is 10.2 Å². The third-order valence-corrected chi connectivity index (χ3v) is 5.58. The molecule has 30 heavy (non-hydrogen) atoms. The van der Waals surface area contributed by atoms with Gasteiger partial charge in [-0.15, -0.1) is 11.3 Å². The van der Waals surface area contributed by atoms with Crippen molar-refractivity contribution in [2.24, 2.45) is 0 Å². The van der Waals surface area contributed by atoms with Crippen molar-refractivity contribution in [2.75, 3.05) is 0 Å². The highest BCUT2D eigenvalue weighted by Crippen LogP contribution is 2.35. The molecule has 6 heteroatoms. The Kier molecular flexibility index (Phi) is 4.83. The molecule has 0 saturated carbocycles. The average molecular weight is 412 g/mol. The number of fused-ring (bicyclic) bond motifs is 1. The number of benzene rings is 3. The van der Waals surface area contributed by atoms with Crippen molar-refractivity contribution in [1.29, 1.82) is 0 Å². The third kappa shape index (κ3) is 3.60. The van der Waals surface area contributed by atoms with Crippen LogP contribution in [0, 0.1) is 0 Å². The monoisotopic (exact) mass is 412 g/mol. The molecule has 0 radical (unpaired) electrons. The Morgan fingerprint density at radius 1 is 0.867 bits per heavy atom. The Balaban J connectivity index is 1.54. The summed E-state index contributed by atoms with van der Waals surface area (Å²) in [5, 5.41) is 0.595. The summed E-state index contributed by atoms with van der Waals surface area (Å²) in [5.74, 6) is 0.142. The van der Waals surface area contributed by atoms with Crippen LogP contribution in [0.25, 0.3) is 32.4 Å². The molecule has 5 aromatic rings. The zero-order valence-electron chi connectivity index (χ0n) is 15.8. The lowest BCUT2D eigenvalue weighted by Crippen LogP contribution is -2.07. The molecule has 0 amide bonds. The molecule has 5 nitrogen and oxygen atoms in total. The number of carbonyl (C=O) groups is 1. The van der Waals surface area contributed by atoms with Crippen molar-refractivity contribution >= 4 is 27.5 Å². The molecular weight excluding hydrogens is 396 g/mol. The van der Waals surface area contributed by atoms with Crippen molar-refractivity contribution in [3.63, 3.8) is 0 Å². The number of rotatable bonds is 5. The number of hydrogen-bond acceptors (Lipinski definition) is 6. The molecular formula is C24H16N2O3S. The van der Waals surface area contributed by atoms with Crippen LogP contribution >= 0.6 is 11.3 Å². The minimum absolute atomic E-state index is 0.129. The second-order valence-electron chi connectivity index (χ2n) is 6.61. The summed E-state index contributed by atoms with van der Waals surface area (Å²) in [6.45, 7) is 0.159. The molecule has 0 spiro atoms. The summed E-state index contributed by atoms with van der Waals surface area (Å²) in [6.07, 6.45) is 0. The predicted molar refractivity (Wildman–Crippen MR) is 116 cm³/mol. The fraction of sp³-hybridized carbons (Fsp3) is 0.0417. The van der Waals surface area contributed by atoms with Crippen LogP contribution in [0.5, 0.6) is 0 Å². The molecule has 0 unspecified atom stereocenters. The molecule has 0 aliphatic heterocycles. The van der Waals surface area contributed by atoms with Crippen LogP contribution < -0.4 is 0 Å². The second-order valence-corrected chi connectivity index (χ2v) is 7.64. The van der Waals surface area contributed by atoms with Gasteiger partial charge in [0.15, 0.2) is 16.5 Å². The van der Waals surface area contributed by atoms with Gasteiger partial charge in [-0.05, 0) is 29.8 Å². The zero-order valence-corrected chi connectivity index (χ0v) is 16.6. The Morgan fingerprint density at radius 3 is 2.33 bits per heavy atom. The van der Waals surface area contributed by atoms with E-state index >= 15 is 0 Å². The Labute approximate surface area is 176 Å². The predicted octanol–water partition coefficient (Wildman–Crippen LogP) is 5.98. The van der Waals surface area contributed by atoms with Gasteiger partial charge in [0, 0.05) is 5.56 Å². The van der Waals surface area contributed by atoms with Crippen molar-refractivity contribution in [2.45, 2.75) is 6.61 Å². The Morgan fingerprint density at radius 2 is 1.57 bits per heavy atom. The molecule has 2 heterocycles. The number of ether oxygens (including phenoxy) is 1. The largest absolute Gasteiger partial charge is 0.456 e. The number of oxazole rings is 1. The molecule has 0 aliphatic rings. The minimum Gasteiger partial charge on any atom is -0.456 e. The minimum atomic E-state index is -0.543. The highest BCUT2D eigenvalue weighted by atomic mass is 32.1. The van der Waals surface area contributed by atoms with Gasteiger partial charge in [-0.3, -0.25) is 0 Å². The normalized spacial score (nSPS) is 10.9. The number of hydrogen-bond donors (Lipinski definition) is 0. The first-order valence-electron chi connectivity index (χ1n) is 9.41. The van der Waals surface area contributed by atoms with Crippen LogP contribution in [0.2, 0.25) is 0 Å². The van der Waals surface area contributed by atoms with Crippen LogP contribution in [0.1, 0.15) is 16.1 Å². The van der Waals surface area contributed by atoms with Crippen molar-refractivity contribution in [3.05, 3.63) is 96.2 Å². The molecule has 0 atom stereocenters. The van der Waals surface area contributed by atoms with Crippen LogP contribution in [0.15, 0.2) is 89.3 Å². The SMILES string of the molecule is O=C(OCc1ccccc1)c1nc(-c2ccccc2)oc1-c1nc2ccccc2s1. The Bertz CT molecular complexity index is 1280. The van der Waals surface area contributed by atoms with E-state index in [4.69, 9.17) is 9.15 Å². The van der Waals surface area contributed by atoms with Gasteiger partial charge < -0.3 is 9.15 Å². The van der Waals surface area contributed by atoms with Crippen LogP contribution in [0.4, 0.5) is 0 Å². The maximum atomic E-state index is 12.9. The standard InChI is InChI=1S/C24H16N2O3S/c27-24(28-15-16-9-3-1-4-10-16)20-21(23-25-18-13-7-8-14-19(18)30-23)29-22(26-20)17-11-5-2-6-12-17/h1-14H,15H2. The number of para-hydroxylation sites is 1. The lowest BCUT2D eigenvalue weighted by molar-refractivity contribution is 0.0467. The van der Waals surface area contributed by atoms with E-state index in [1.807, 2.05) is 84.9 Å². The van der Waals surface area contributed by atoms with Gasteiger partial charge in [-0.25, -0.2) is 14.8 Å². The molecule has 3 aromatic carbocycles. The fourth-order valence-corrected chi connectivity index (χ4v) is 4.02. The topological polar surface area (TPSA) is 65.2 Å². The first-order chi connectivity index (χ1) is 14.8. The Hall–Kier alpha value is -3.77. The van der Waals surface area contributed by atoms with Gasteiger partial charge >= 0.3 is 5.97 Å². The fourth-order valence-electron chi connectivity index (χ4n) is 3.07. The number of thiazole rings is 1. The summed E-state index contributed by atoms with van der Waals surface area (Å²) in [7, 11) is 0. The quantitative estimate of drug-likeness (QED) is 0.333. The van der Waals surface area contributed by atoms with Crippen LogP contribution in [-0.2, 0) is 11.3 Å². The van der Waals surface area contributed by atoms with E-state index in [-0.39, 0.29) is 12.3 Å². The number of aromatic nitrogens is 2. The number of nitrogens with zero attached hydrogens (tertiary/aromatic N) is 2. The summed E-state index contributed by atoms with van der Waals surface area (Å²) < 4.78 is 12.5. The first-order valence-corrected chi connectivity index (χ1v) is 10.2. The van der Waals surface area contributed by atoms with E-state index in [0.717, 1.165) is 21.3 Å². The zero-order chi connectivity index (χ0) is 20.3. The third-order valence-electron chi connectivity index (χ3n) is 4.54. The summed E-state index contributed by atoms with van der Waals surface area (Å²) in [6, 6.07) is 26.8. The molecule has 0 fully saturated rings. The van der Waals surface area contributed by atoms with E-state index in [1.54, 1.807) is 0 Å². The van der Waals surface area contributed by atoms with Crippen molar-refractivity contribution in [3.8, 4) is 22.2 Å². The number of carbonyl (C=O) groups excluding carboxylic acids is 1. The average Bonchev–Trinajstić information content (AvgIpc) is 3.43. The summed E-state index contributed by atoms with van der Waals surface area (Å²) in [5.41, 5.74) is 2.66. The van der Waals surface area contributed by atoms with E-state index in [9.17, 15) is 4.79 Å². The van der Waals surface area contributed by atoms with Gasteiger partial charge in [0.2, 0.25) is 5.89 Å². The van der Waals surface area contributed by atoms with E-state index < -0.39 is 5.97 Å². The highest BCUT2D eigenvalue weighted by molar-refractivity contribution is 7.21.